The molecule has 1 aliphatic heterocycles. The summed E-state index contributed by atoms with van der Waals surface area (Å²) >= 11 is 2.70. The van der Waals surface area contributed by atoms with E-state index in [9.17, 15) is 4.79 Å². The van der Waals surface area contributed by atoms with Gasteiger partial charge in [0.1, 0.15) is 15.8 Å². The van der Waals surface area contributed by atoms with E-state index in [1.807, 2.05) is 36.4 Å². The number of carbonyl (C=O) groups excluding carboxylic acids is 1. The van der Waals surface area contributed by atoms with Crippen molar-refractivity contribution in [2.45, 2.75) is 13.3 Å². The number of carbonyl (C=O) groups is 1. The fourth-order valence-corrected chi connectivity index (χ4v) is 4.08. The molecule has 0 saturated heterocycles. The van der Waals surface area contributed by atoms with Gasteiger partial charge in [-0.2, -0.15) is 0 Å². The van der Waals surface area contributed by atoms with Gasteiger partial charge in [0.05, 0.1) is 6.61 Å². The SMILES string of the molecule is C=CCSC1=N/C(=C/c2c(OCCC)ccc3ccccc23)C(=O)S1. The van der Waals surface area contributed by atoms with E-state index in [0.717, 1.165) is 38.6 Å². The number of ether oxygens (including phenoxy) is 1. The lowest BCUT2D eigenvalue weighted by molar-refractivity contribution is -0.107. The van der Waals surface area contributed by atoms with E-state index in [1.54, 1.807) is 6.08 Å². The molecule has 0 amide bonds. The van der Waals surface area contributed by atoms with Crippen LogP contribution >= 0.6 is 23.5 Å². The van der Waals surface area contributed by atoms with Gasteiger partial charge in [0, 0.05) is 11.3 Å². The summed E-state index contributed by atoms with van der Waals surface area (Å²) in [4.78, 5) is 16.8. The second-order valence-corrected chi connectivity index (χ2v) is 7.67. The highest BCUT2D eigenvalue weighted by Crippen LogP contribution is 2.35. The van der Waals surface area contributed by atoms with Crippen molar-refractivity contribution in [3.05, 3.63) is 60.3 Å². The van der Waals surface area contributed by atoms with Crippen molar-refractivity contribution in [2.24, 2.45) is 4.99 Å². The van der Waals surface area contributed by atoms with Crippen LogP contribution in [0.2, 0.25) is 0 Å². The van der Waals surface area contributed by atoms with E-state index in [0.29, 0.717) is 12.3 Å². The number of hydrogen-bond donors (Lipinski definition) is 0. The third-order valence-corrected chi connectivity index (χ3v) is 5.60. The first-order valence-corrected chi connectivity index (χ1v) is 9.94. The Hall–Kier alpha value is -1.98. The molecule has 0 unspecified atom stereocenters. The van der Waals surface area contributed by atoms with Crippen LogP contribution in [0, 0.1) is 0 Å². The van der Waals surface area contributed by atoms with Crippen molar-refractivity contribution >= 4 is 49.9 Å². The van der Waals surface area contributed by atoms with Gasteiger partial charge in [-0.25, -0.2) is 4.99 Å². The van der Waals surface area contributed by atoms with Gasteiger partial charge in [0.25, 0.3) is 0 Å². The molecule has 0 fully saturated rings. The van der Waals surface area contributed by atoms with E-state index < -0.39 is 0 Å². The summed E-state index contributed by atoms with van der Waals surface area (Å²) in [5, 5.41) is 2.14. The summed E-state index contributed by atoms with van der Waals surface area (Å²) in [5.74, 6) is 1.53. The molecular weight excluding hydrogens is 350 g/mol. The number of benzene rings is 2. The predicted octanol–water partition coefficient (Wildman–Crippen LogP) is 5.52. The quantitative estimate of drug-likeness (QED) is 0.496. The number of rotatable bonds is 6. The Labute approximate surface area is 156 Å². The smallest absolute Gasteiger partial charge is 0.244 e. The first-order valence-electron chi connectivity index (χ1n) is 8.13. The molecule has 0 saturated carbocycles. The Morgan fingerprint density at radius 1 is 1.28 bits per heavy atom. The highest BCUT2D eigenvalue weighted by molar-refractivity contribution is 8.45. The average molecular weight is 370 g/mol. The topological polar surface area (TPSA) is 38.7 Å². The molecule has 5 heteroatoms. The molecule has 0 N–H and O–H groups in total. The molecule has 128 valence electrons. The van der Waals surface area contributed by atoms with E-state index in [1.165, 1.54) is 23.5 Å². The minimum atomic E-state index is -0.0269. The monoisotopic (exact) mass is 369 g/mol. The summed E-state index contributed by atoms with van der Waals surface area (Å²) < 4.78 is 6.67. The third kappa shape index (κ3) is 4.17. The molecule has 2 aromatic rings. The van der Waals surface area contributed by atoms with Crippen molar-refractivity contribution in [1.82, 2.24) is 0 Å². The van der Waals surface area contributed by atoms with Crippen LogP contribution in [-0.4, -0.2) is 21.9 Å². The third-order valence-electron chi connectivity index (χ3n) is 3.60. The fourth-order valence-electron chi connectivity index (χ4n) is 2.48. The largest absolute Gasteiger partial charge is 0.493 e. The molecule has 25 heavy (non-hydrogen) atoms. The number of aliphatic imine (C=N–C) groups is 1. The van der Waals surface area contributed by atoms with E-state index >= 15 is 0 Å². The van der Waals surface area contributed by atoms with Crippen molar-refractivity contribution < 1.29 is 9.53 Å². The van der Waals surface area contributed by atoms with Crippen LogP contribution in [0.4, 0.5) is 0 Å². The molecule has 0 aromatic heterocycles. The van der Waals surface area contributed by atoms with Gasteiger partial charge in [0.2, 0.25) is 5.12 Å². The first kappa shape index (κ1) is 17.8. The summed E-state index contributed by atoms with van der Waals surface area (Å²) in [6, 6.07) is 12.1. The second kappa shape index (κ2) is 8.41. The Balaban J connectivity index is 2.05. The zero-order chi connectivity index (χ0) is 17.6. The standard InChI is InChI=1S/C20H19NO2S2/c1-3-11-23-18-10-9-14-7-5-6-8-15(14)16(18)13-17-19(22)25-20(21-17)24-12-4-2/h4-10,13H,2-3,11-12H2,1H3/b17-13+. The number of hydrogen-bond acceptors (Lipinski definition) is 5. The summed E-state index contributed by atoms with van der Waals surface area (Å²) in [6.07, 6.45) is 4.59. The number of thioether (sulfide) groups is 2. The molecule has 2 aromatic carbocycles. The molecule has 0 bridgehead atoms. The summed E-state index contributed by atoms with van der Waals surface area (Å²) in [5.41, 5.74) is 1.38. The minimum absolute atomic E-state index is 0.0269. The second-order valence-electron chi connectivity index (χ2n) is 5.44. The van der Waals surface area contributed by atoms with Crippen LogP contribution in [0.1, 0.15) is 18.9 Å². The van der Waals surface area contributed by atoms with E-state index in [2.05, 4.69) is 24.6 Å². The van der Waals surface area contributed by atoms with Crippen molar-refractivity contribution in [3.63, 3.8) is 0 Å². The van der Waals surface area contributed by atoms with Gasteiger partial charge < -0.3 is 4.74 Å². The van der Waals surface area contributed by atoms with Gasteiger partial charge in [-0.1, -0.05) is 55.1 Å². The maximum absolute atomic E-state index is 12.3. The Morgan fingerprint density at radius 3 is 2.92 bits per heavy atom. The molecule has 3 rings (SSSR count). The zero-order valence-corrected chi connectivity index (χ0v) is 15.7. The molecule has 0 radical (unpaired) electrons. The maximum Gasteiger partial charge on any atom is 0.244 e. The van der Waals surface area contributed by atoms with Crippen LogP contribution in [0.3, 0.4) is 0 Å². The Kier molecular flexibility index (Phi) is 6.00. The van der Waals surface area contributed by atoms with Crippen LogP contribution < -0.4 is 4.74 Å². The van der Waals surface area contributed by atoms with Crippen molar-refractivity contribution in [2.75, 3.05) is 12.4 Å². The number of fused-ring (bicyclic) bond motifs is 1. The lowest BCUT2D eigenvalue weighted by atomic mass is 10.0. The fraction of sp³-hybridized carbons (Fsp3) is 0.200. The molecule has 0 atom stereocenters. The minimum Gasteiger partial charge on any atom is -0.493 e. The lowest BCUT2D eigenvalue weighted by Crippen LogP contribution is -1.98. The van der Waals surface area contributed by atoms with Crippen molar-refractivity contribution in [1.29, 1.82) is 0 Å². The normalized spacial score (nSPS) is 15.6. The molecule has 0 spiro atoms. The predicted molar refractivity (Wildman–Crippen MR) is 110 cm³/mol. The highest BCUT2D eigenvalue weighted by Gasteiger charge is 2.23. The summed E-state index contributed by atoms with van der Waals surface area (Å²) in [6.45, 7) is 6.41. The highest BCUT2D eigenvalue weighted by atomic mass is 32.2. The van der Waals surface area contributed by atoms with Gasteiger partial charge >= 0.3 is 0 Å². The van der Waals surface area contributed by atoms with Crippen molar-refractivity contribution in [3.8, 4) is 5.75 Å². The van der Waals surface area contributed by atoms with E-state index in [-0.39, 0.29) is 5.12 Å². The van der Waals surface area contributed by atoms with Gasteiger partial charge in [-0.3, -0.25) is 4.79 Å². The van der Waals surface area contributed by atoms with E-state index in [4.69, 9.17) is 4.74 Å². The molecular formula is C20H19NO2S2. The maximum atomic E-state index is 12.3. The van der Waals surface area contributed by atoms with Crippen LogP contribution in [0.25, 0.3) is 16.8 Å². The molecule has 1 heterocycles. The lowest BCUT2D eigenvalue weighted by Gasteiger charge is -2.11. The molecule has 3 nitrogen and oxygen atoms in total. The zero-order valence-electron chi connectivity index (χ0n) is 14.0. The van der Waals surface area contributed by atoms with Gasteiger partial charge in [-0.05, 0) is 41.1 Å². The number of nitrogens with zero attached hydrogens (tertiary/aromatic N) is 1. The first-order chi connectivity index (χ1) is 12.2. The van der Waals surface area contributed by atoms with Gasteiger partial charge in [-0.15, -0.1) is 6.58 Å². The molecule has 1 aliphatic rings. The Morgan fingerprint density at radius 2 is 2.12 bits per heavy atom. The van der Waals surface area contributed by atoms with Crippen LogP contribution in [-0.2, 0) is 4.79 Å². The van der Waals surface area contributed by atoms with Crippen LogP contribution in [0.15, 0.2) is 59.7 Å². The average Bonchev–Trinajstić information content (AvgIpc) is 2.99. The van der Waals surface area contributed by atoms with Crippen LogP contribution in [0.5, 0.6) is 5.75 Å². The summed E-state index contributed by atoms with van der Waals surface area (Å²) in [7, 11) is 0. The Bertz CT molecular complexity index is 871. The molecule has 0 aliphatic carbocycles. The van der Waals surface area contributed by atoms with Gasteiger partial charge in [0.15, 0.2) is 0 Å².